The summed E-state index contributed by atoms with van der Waals surface area (Å²) >= 11 is 1.81. The van der Waals surface area contributed by atoms with Crippen molar-refractivity contribution >= 4 is 50.5 Å². The maximum absolute atomic E-state index is 5.29. The molecule has 1 aromatic heterocycles. The molecule has 34 heavy (non-hydrogen) atoms. The predicted octanol–water partition coefficient (Wildman–Crippen LogP) is 6.51. The summed E-state index contributed by atoms with van der Waals surface area (Å²) in [5, 5.41) is 1.20. The van der Waals surface area contributed by atoms with Gasteiger partial charge in [-0.2, -0.15) is 4.57 Å². The summed E-state index contributed by atoms with van der Waals surface area (Å²) in [6.07, 6.45) is 5.45. The van der Waals surface area contributed by atoms with Crippen LogP contribution in [0.25, 0.3) is 22.0 Å². The summed E-state index contributed by atoms with van der Waals surface area (Å²) in [7, 11) is 6.41. The molecule has 3 aromatic carbocycles. The van der Waals surface area contributed by atoms with Crippen LogP contribution in [0.3, 0.4) is 0 Å². The van der Waals surface area contributed by atoms with E-state index in [-0.39, 0.29) is 0 Å². The summed E-state index contributed by atoms with van der Waals surface area (Å²) in [6, 6.07) is 27.8. The van der Waals surface area contributed by atoms with Crippen LogP contribution in [0.4, 0.5) is 11.4 Å². The SMILES string of the molecule is CN(C)CCCCC1=N/C(=C\c2sc3ccccc3[n+]2C)c2ccccc2N1c1ccccc1. The van der Waals surface area contributed by atoms with Gasteiger partial charge >= 0.3 is 0 Å². The molecule has 0 aliphatic carbocycles. The van der Waals surface area contributed by atoms with Gasteiger partial charge in [0, 0.05) is 29.8 Å². The Morgan fingerprint density at radius 3 is 2.44 bits per heavy atom. The topological polar surface area (TPSA) is 22.7 Å². The fourth-order valence-corrected chi connectivity index (χ4v) is 5.58. The first-order valence-electron chi connectivity index (χ1n) is 11.9. The zero-order chi connectivity index (χ0) is 23.5. The Morgan fingerprint density at radius 1 is 0.912 bits per heavy atom. The fourth-order valence-electron chi connectivity index (χ4n) is 4.49. The first-order chi connectivity index (χ1) is 16.6. The highest BCUT2D eigenvalue weighted by atomic mass is 32.1. The van der Waals surface area contributed by atoms with Crippen molar-refractivity contribution in [2.24, 2.45) is 12.0 Å². The molecule has 1 aliphatic heterocycles. The van der Waals surface area contributed by atoms with E-state index in [1.54, 1.807) is 0 Å². The van der Waals surface area contributed by atoms with E-state index in [2.05, 4.69) is 120 Å². The quantitative estimate of drug-likeness (QED) is 0.228. The monoisotopic (exact) mass is 467 g/mol. The van der Waals surface area contributed by atoms with Crippen LogP contribution in [0, 0.1) is 0 Å². The third-order valence-corrected chi connectivity index (χ3v) is 7.40. The Balaban J connectivity index is 1.60. The molecule has 4 aromatic rings. The van der Waals surface area contributed by atoms with Gasteiger partial charge in [0.2, 0.25) is 5.52 Å². The molecule has 5 heteroatoms. The van der Waals surface area contributed by atoms with Gasteiger partial charge in [-0.15, -0.1) is 0 Å². The number of nitrogens with zero attached hydrogens (tertiary/aromatic N) is 4. The van der Waals surface area contributed by atoms with Gasteiger partial charge < -0.3 is 4.90 Å². The Kier molecular flexibility index (Phi) is 6.57. The van der Waals surface area contributed by atoms with Gasteiger partial charge in [-0.05, 0) is 57.7 Å². The van der Waals surface area contributed by atoms with Crippen molar-refractivity contribution in [3.8, 4) is 0 Å². The number of anilines is 2. The van der Waals surface area contributed by atoms with Crippen molar-refractivity contribution in [2.75, 3.05) is 25.5 Å². The standard InChI is InChI=1S/C29H31N4S/c1-31(2)20-12-11-19-28-30-24(21-29-32(3)26-17-9-10-18-27(26)34-29)23-15-7-8-16-25(23)33(28)22-13-5-4-6-14-22/h4-10,13-18,21H,11-12,19-20H2,1-3H3/q+1. The lowest BCUT2D eigenvalue weighted by atomic mass is 10.0. The van der Waals surface area contributed by atoms with Crippen LogP contribution in [-0.2, 0) is 7.05 Å². The largest absolute Gasteiger partial charge is 0.309 e. The number of benzene rings is 3. The number of thiazole rings is 1. The number of aryl methyl sites for hydroxylation is 1. The number of aromatic nitrogens is 1. The number of amidine groups is 1. The number of hydrogen-bond donors (Lipinski definition) is 0. The molecule has 0 fully saturated rings. The van der Waals surface area contributed by atoms with E-state index in [0.29, 0.717) is 0 Å². The molecule has 0 saturated heterocycles. The maximum atomic E-state index is 5.29. The third-order valence-electron chi connectivity index (χ3n) is 6.23. The second kappa shape index (κ2) is 9.92. The van der Waals surface area contributed by atoms with Crippen molar-refractivity contribution in [2.45, 2.75) is 19.3 Å². The van der Waals surface area contributed by atoms with Gasteiger partial charge in [0.25, 0.3) is 5.01 Å². The van der Waals surface area contributed by atoms with Crippen molar-refractivity contribution in [3.63, 3.8) is 0 Å². The molecule has 5 rings (SSSR count). The Hall–Kier alpha value is -3.28. The van der Waals surface area contributed by atoms with E-state index in [1.807, 2.05) is 11.3 Å². The number of fused-ring (bicyclic) bond motifs is 2. The van der Waals surface area contributed by atoms with E-state index in [1.165, 1.54) is 26.5 Å². The first-order valence-corrected chi connectivity index (χ1v) is 12.7. The van der Waals surface area contributed by atoms with Crippen molar-refractivity contribution < 1.29 is 4.57 Å². The van der Waals surface area contributed by atoms with E-state index in [9.17, 15) is 0 Å². The van der Waals surface area contributed by atoms with E-state index in [0.717, 1.165) is 43.0 Å². The summed E-state index contributed by atoms with van der Waals surface area (Å²) < 4.78 is 3.56. The average Bonchev–Trinajstić information content (AvgIpc) is 3.17. The van der Waals surface area contributed by atoms with Crippen LogP contribution in [0.15, 0.2) is 83.9 Å². The smallest absolute Gasteiger partial charge is 0.264 e. The molecule has 0 N–H and O–H groups in total. The van der Waals surface area contributed by atoms with Gasteiger partial charge in [-0.3, -0.25) is 4.90 Å². The predicted molar refractivity (Wildman–Crippen MR) is 146 cm³/mol. The number of para-hydroxylation sites is 3. The van der Waals surface area contributed by atoms with E-state index >= 15 is 0 Å². The van der Waals surface area contributed by atoms with E-state index < -0.39 is 0 Å². The van der Waals surface area contributed by atoms with Gasteiger partial charge in [0.05, 0.1) is 11.4 Å². The molecule has 0 radical (unpaired) electrons. The number of hydrogen-bond acceptors (Lipinski definition) is 4. The average molecular weight is 468 g/mol. The molecule has 0 amide bonds. The molecule has 0 unspecified atom stereocenters. The highest BCUT2D eigenvalue weighted by Crippen LogP contribution is 2.39. The van der Waals surface area contributed by atoms with Gasteiger partial charge in [-0.1, -0.05) is 59.9 Å². The first kappa shape index (κ1) is 22.5. The molecule has 172 valence electrons. The number of unbranched alkanes of at least 4 members (excludes halogenated alkanes) is 1. The number of rotatable bonds is 7. The Bertz CT molecular complexity index is 1350. The lowest BCUT2D eigenvalue weighted by Gasteiger charge is -2.32. The van der Waals surface area contributed by atoms with Crippen LogP contribution in [-0.4, -0.2) is 31.4 Å². The minimum atomic E-state index is 0.937. The van der Waals surface area contributed by atoms with Crippen LogP contribution in [0.1, 0.15) is 29.8 Å². The summed E-state index contributed by atoms with van der Waals surface area (Å²) in [6.45, 7) is 1.09. The molecule has 0 atom stereocenters. The minimum absolute atomic E-state index is 0.937. The molecule has 0 spiro atoms. The van der Waals surface area contributed by atoms with E-state index in [4.69, 9.17) is 4.99 Å². The summed E-state index contributed by atoms with van der Waals surface area (Å²) in [5.41, 5.74) is 5.81. The lowest BCUT2D eigenvalue weighted by molar-refractivity contribution is -0.642. The Morgan fingerprint density at radius 2 is 1.65 bits per heavy atom. The molecule has 0 saturated carbocycles. The van der Waals surface area contributed by atoms with Crippen LogP contribution in [0.5, 0.6) is 0 Å². The Labute approximate surface area is 206 Å². The molecular weight excluding hydrogens is 436 g/mol. The highest BCUT2D eigenvalue weighted by molar-refractivity contribution is 7.18. The van der Waals surface area contributed by atoms with Crippen LogP contribution in [0.2, 0.25) is 0 Å². The minimum Gasteiger partial charge on any atom is -0.309 e. The van der Waals surface area contributed by atoms with Crippen LogP contribution < -0.4 is 9.47 Å². The third kappa shape index (κ3) is 4.54. The number of aliphatic imine (C=N–C) groups is 1. The maximum Gasteiger partial charge on any atom is 0.264 e. The zero-order valence-electron chi connectivity index (χ0n) is 20.1. The van der Waals surface area contributed by atoms with Gasteiger partial charge in [-0.25, -0.2) is 4.99 Å². The van der Waals surface area contributed by atoms with Gasteiger partial charge in [0.1, 0.15) is 17.6 Å². The summed E-state index contributed by atoms with van der Waals surface area (Å²) in [4.78, 5) is 9.88. The molecule has 0 bridgehead atoms. The van der Waals surface area contributed by atoms with Gasteiger partial charge in [0.15, 0.2) is 0 Å². The lowest BCUT2D eigenvalue weighted by Crippen LogP contribution is -2.31. The second-order valence-corrected chi connectivity index (χ2v) is 10.0. The second-order valence-electron chi connectivity index (χ2n) is 8.97. The molecule has 2 heterocycles. The molecular formula is C29H31N4S+. The highest BCUT2D eigenvalue weighted by Gasteiger charge is 2.26. The normalized spacial score (nSPS) is 14.6. The fraction of sp³-hybridized carbons (Fsp3) is 0.241. The van der Waals surface area contributed by atoms with Crippen LogP contribution >= 0.6 is 11.3 Å². The molecule has 4 nitrogen and oxygen atoms in total. The molecule has 1 aliphatic rings. The van der Waals surface area contributed by atoms with Crippen molar-refractivity contribution in [3.05, 3.63) is 89.4 Å². The van der Waals surface area contributed by atoms with Crippen molar-refractivity contribution in [1.29, 1.82) is 0 Å². The zero-order valence-corrected chi connectivity index (χ0v) is 20.9. The van der Waals surface area contributed by atoms with Crippen molar-refractivity contribution in [1.82, 2.24) is 4.90 Å². The summed E-state index contributed by atoms with van der Waals surface area (Å²) in [5.74, 6) is 1.11.